The van der Waals surface area contributed by atoms with Crippen molar-refractivity contribution in [3.63, 3.8) is 0 Å². The van der Waals surface area contributed by atoms with Crippen LogP contribution >= 0.6 is 0 Å². The molecule has 0 spiro atoms. The number of aliphatic hydroxyl groups excluding tert-OH is 1. The molecule has 1 aromatic carbocycles. The van der Waals surface area contributed by atoms with E-state index in [9.17, 15) is 8.42 Å². The van der Waals surface area contributed by atoms with Crippen LogP contribution < -0.4 is 4.74 Å². The molecule has 0 bridgehead atoms. The standard InChI is InChI=1S/C17H26O4S/c1-14(13-22(19,20)11-5-10-18)15-6-4-9-17(12-15)21-16-7-2-3-8-16/h4,6,9,12,14,16,18H,2-3,5,7-8,10-11,13H2,1H3/t14-/m0/s1. The molecule has 0 heterocycles. The number of ether oxygens (including phenoxy) is 1. The summed E-state index contributed by atoms with van der Waals surface area (Å²) in [5.41, 5.74) is 0.989. The quantitative estimate of drug-likeness (QED) is 0.798. The van der Waals surface area contributed by atoms with Crippen LogP contribution in [0.3, 0.4) is 0 Å². The molecule has 1 aliphatic rings. The van der Waals surface area contributed by atoms with E-state index < -0.39 is 9.84 Å². The molecule has 1 saturated carbocycles. The molecule has 2 rings (SSSR count). The molecule has 0 aromatic heterocycles. The second kappa shape index (κ2) is 7.97. The third-order valence-electron chi connectivity index (χ3n) is 4.15. The molecule has 0 radical (unpaired) electrons. The van der Waals surface area contributed by atoms with Crippen LogP contribution in [-0.4, -0.2) is 37.7 Å². The molecular weight excluding hydrogens is 300 g/mol. The first-order chi connectivity index (χ1) is 10.5. The van der Waals surface area contributed by atoms with Crippen molar-refractivity contribution < 1.29 is 18.3 Å². The number of benzene rings is 1. The number of hydrogen-bond donors (Lipinski definition) is 1. The molecule has 1 atom stereocenters. The van der Waals surface area contributed by atoms with Crippen molar-refractivity contribution in [1.82, 2.24) is 0 Å². The Morgan fingerprint density at radius 2 is 2.05 bits per heavy atom. The van der Waals surface area contributed by atoms with Gasteiger partial charge >= 0.3 is 0 Å². The van der Waals surface area contributed by atoms with Crippen molar-refractivity contribution in [2.45, 2.75) is 51.0 Å². The van der Waals surface area contributed by atoms with Gasteiger partial charge in [-0.05, 0) is 55.7 Å². The van der Waals surface area contributed by atoms with Gasteiger partial charge in [-0.15, -0.1) is 0 Å². The van der Waals surface area contributed by atoms with Crippen LogP contribution in [0.25, 0.3) is 0 Å². The minimum absolute atomic E-state index is 0.0477. The summed E-state index contributed by atoms with van der Waals surface area (Å²) in [7, 11) is -3.13. The van der Waals surface area contributed by atoms with Gasteiger partial charge in [0.15, 0.2) is 9.84 Å². The van der Waals surface area contributed by atoms with Crippen molar-refractivity contribution in [1.29, 1.82) is 0 Å². The van der Waals surface area contributed by atoms with Crippen LogP contribution in [0.15, 0.2) is 24.3 Å². The Morgan fingerprint density at radius 1 is 1.32 bits per heavy atom. The Hall–Kier alpha value is -1.07. The highest BCUT2D eigenvalue weighted by Crippen LogP contribution is 2.27. The fourth-order valence-corrected chi connectivity index (χ4v) is 4.63. The summed E-state index contributed by atoms with van der Waals surface area (Å²) < 4.78 is 30.0. The highest BCUT2D eigenvalue weighted by Gasteiger charge is 2.19. The van der Waals surface area contributed by atoms with E-state index in [0.29, 0.717) is 12.5 Å². The van der Waals surface area contributed by atoms with E-state index in [2.05, 4.69) is 0 Å². The molecule has 0 aliphatic heterocycles. The Kier molecular flexibility index (Phi) is 6.26. The molecule has 1 aromatic rings. The van der Waals surface area contributed by atoms with Crippen LogP contribution in [0.1, 0.15) is 50.5 Å². The second-order valence-corrected chi connectivity index (χ2v) is 8.42. The molecule has 22 heavy (non-hydrogen) atoms. The first-order valence-electron chi connectivity index (χ1n) is 8.08. The van der Waals surface area contributed by atoms with Crippen molar-refractivity contribution in [3.05, 3.63) is 29.8 Å². The average Bonchev–Trinajstić information content (AvgIpc) is 2.98. The zero-order valence-corrected chi connectivity index (χ0v) is 14.0. The summed E-state index contributed by atoms with van der Waals surface area (Å²) in [4.78, 5) is 0. The fourth-order valence-electron chi connectivity index (χ4n) is 2.94. The minimum atomic E-state index is -3.13. The van der Waals surface area contributed by atoms with Gasteiger partial charge in [-0.2, -0.15) is 0 Å². The van der Waals surface area contributed by atoms with Gasteiger partial charge in [-0.25, -0.2) is 8.42 Å². The van der Waals surface area contributed by atoms with Crippen molar-refractivity contribution >= 4 is 9.84 Å². The van der Waals surface area contributed by atoms with E-state index in [1.54, 1.807) is 0 Å². The van der Waals surface area contributed by atoms with Crippen LogP contribution in [0.5, 0.6) is 5.75 Å². The van der Waals surface area contributed by atoms with Gasteiger partial charge < -0.3 is 9.84 Å². The van der Waals surface area contributed by atoms with Gasteiger partial charge in [0.25, 0.3) is 0 Å². The second-order valence-electron chi connectivity index (χ2n) is 6.19. The highest BCUT2D eigenvalue weighted by molar-refractivity contribution is 7.91. The maximum absolute atomic E-state index is 12.0. The van der Waals surface area contributed by atoms with E-state index in [0.717, 1.165) is 24.2 Å². The molecular formula is C17H26O4S. The predicted molar refractivity (Wildman–Crippen MR) is 88.1 cm³/mol. The lowest BCUT2D eigenvalue weighted by Crippen LogP contribution is -2.17. The largest absolute Gasteiger partial charge is 0.490 e. The molecule has 5 heteroatoms. The smallest absolute Gasteiger partial charge is 0.150 e. The lowest BCUT2D eigenvalue weighted by molar-refractivity contribution is 0.210. The van der Waals surface area contributed by atoms with Gasteiger partial charge in [0.05, 0.1) is 17.6 Å². The van der Waals surface area contributed by atoms with E-state index in [1.807, 2.05) is 31.2 Å². The minimum Gasteiger partial charge on any atom is -0.490 e. The molecule has 1 N–H and O–H groups in total. The summed E-state index contributed by atoms with van der Waals surface area (Å²) in [6.45, 7) is 1.84. The van der Waals surface area contributed by atoms with Gasteiger partial charge in [0.2, 0.25) is 0 Å². The SMILES string of the molecule is C[C@@H](CS(=O)(=O)CCCO)c1cccc(OC2CCCC2)c1. The van der Waals surface area contributed by atoms with Crippen LogP contribution in [-0.2, 0) is 9.84 Å². The molecule has 1 aliphatic carbocycles. The predicted octanol–water partition coefficient (Wildman–Crippen LogP) is 2.91. The zero-order valence-electron chi connectivity index (χ0n) is 13.2. The van der Waals surface area contributed by atoms with E-state index >= 15 is 0 Å². The van der Waals surface area contributed by atoms with Crippen LogP contribution in [0.4, 0.5) is 0 Å². The average molecular weight is 326 g/mol. The molecule has 124 valence electrons. The maximum Gasteiger partial charge on any atom is 0.150 e. The van der Waals surface area contributed by atoms with E-state index in [-0.39, 0.29) is 24.0 Å². The first kappa shape index (κ1) is 17.3. The molecule has 0 amide bonds. The number of hydrogen-bond acceptors (Lipinski definition) is 4. The summed E-state index contributed by atoms with van der Waals surface area (Å²) in [6, 6.07) is 7.78. The van der Waals surface area contributed by atoms with E-state index in [4.69, 9.17) is 9.84 Å². The Morgan fingerprint density at radius 3 is 2.73 bits per heavy atom. The lowest BCUT2D eigenvalue weighted by Gasteiger charge is -2.16. The third kappa shape index (κ3) is 5.29. The molecule has 4 nitrogen and oxygen atoms in total. The lowest BCUT2D eigenvalue weighted by atomic mass is 10.0. The van der Waals surface area contributed by atoms with Gasteiger partial charge in [0, 0.05) is 6.61 Å². The van der Waals surface area contributed by atoms with Crippen LogP contribution in [0.2, 0.25) is 0 Å². The number of sulfone groups is 1. The van der Waals surface area contributed by atoms with Crippen molar-refractivity contribution in [2.75, 3.05) is 18.1 Å². The van der Waals surface area contributed by atoms with Gasteiger partial charge in [0.1, 0.15) is 5.75 Å². The summed E-state index contributed by atoms with van der Waals surface area (Å²) >= 11 is 0. The van der Waals surface area contributed by atoms with Crippen molar-refractivity contribution in [3.8, 4) is 5.75 Å². The summed E-state index contributed by atoms with van der Waals surface area (Å²) in [6.07, 6.45) is 5.27. The summed E-state index contributed by atoms with van der Waals surface area (Å²) in [5, 5.41) is 8.77. The Balaban J connectivity index is 1.98. The van der Waals surface area contributed by atoms with Gasteiger partial charge in [-0.1, -0.05) is 19.1 Å². The fraction of sp³-hybridized carbons (Fsp3) is 0.647. The van der Waals surface area contributed by atoms with Crippen molar-refractivity contribution in [2.24, 2.45) is 0 Å². The third-order valence-corrected chi connectivity index (χ3v) is 6.07. The number of rotatable bonds is 8. The zero-order chi connectivity index (χ0) is 16.0. The molecule has 1 fully saturated rings. The highest BCUT2D eigenvalue weighted by atomic mass is 32.2. The van der Waals surface area contributed by atoms with Gasteiger partial charge in [-0.3, -0.25) is 0 Å². The topological polar surface area (TPSA) is 63.6 Å². The van der Waals surface area contributed by atoms with E-state index in [1.165, 1.54) is 12.8 Å². The first-order valence-corrected chi connectivity index (χ1v) is 9.90. The monoisotopic (exact) mass is 326 g/mol. The molecule has 0 unspecified atom stereocenters. The normalized spacial score (nSPS) is 17.5. The molecule has 0 saturated heterocycles. The summed E-state index contributed by atoms with van der Waals surface area (Å²) in [5.74, 6) is 0.922. The van der Waals surface area contributed by atoms with Crippen LogP contribution in [0, 0.1) is 0 Å². The Labute approximate surface area is 133 Å². The number of aliphatic hydroxyl groups is 1. The maximum atomic E-state index is 12.0. The Bertz CT molecular complexity index is 562.